The molecule has 0 aliphatic heterocycles. The van der Waals surface area contributed by atoms with Crippen molar-refractivity contribution in [2.24, 2.45) is 0 Å². The molecule has 1 heterocycles. The van der Waals surface area contributed by atoms with E-state index >= 15 is 0 Å². The molecule has 0 atom stereocenters. The number of benzene rings is 2. The van der Waals surface area contributed by atoms with Gasteiger partial charge in [-0.05, 0) is 38.1 Å². The molecule has 0 amide bonds. The minimum absolute atomic E-state index is 0.0119. The van der Waals surface area contributed by atoms with Gasteiger partial charge in [-0.25, -0.2) is 4.79 Å². The number of hydrogen-bond acceptors (Lipinski definition) is 6. The molecule has 2 aromatic carbocycles. The van der Waals surface area contributed by atoms with Crippen LogP contribution in [0.5, 0.6) is 11.5 Å². The van der Waals surface area contributed by atoms with Crippen LogP contribution in [-0.2, 0) is 9.47 Å². The first-order chi connectivity index (χ1) is 14.0. The number of carbonyl (C=O) groups excluding carboxylic acids is 1. The summed E-state index contributed by atoms with van der Waals surface area (Å²) in [5.74, 6) is 0.586. The number of carbonyl (C=O) groups is 1. The zero-order chi connectivity index (χ0) is 21.0. The van der Waals surface area contributed by atoms with Gasteiger partial charge in [-0.15, -0.1) is 0 Å². The van der Waals surface area contributed by atoms with Crippen LogP contribution in [0.25, 0.3) is 16.6 Å². The maximum atomic E-state index is 12.2. The largest absolute Gasteiger partial charge is 0.496 e. The third-order valence-electron chi connectivity index (χ3n) is 4.59. The fraction of sp³-hybridized carbons (Fsp3) is 0.273. The lowest BCUT2D eigenvalue weighted by molar-refractivity contribution is 0.0438. The molecule has 0 spiro atoms. The van der Waals surface area contributed by atoms with Gasteiger partial charge in [-0.1, -0.05) is 0 Å². The van der Waals surface area contributed by atoms with Crippen LogP contribution in [0.2, 0.25) is 0 Å². The Balaban J connectivity index is 2.18. The summed E-state index contributed by atoms with van der Waals surface area (Å²) in [6.45, 7) is 3.92. The van der Waals surface area contributed by atoms with E-state index in [0.29, 0.717) is 22.6 Å². The van der Waals surface area contributed by atoms with Crippen molar-refractivity contribution in [1.29, 1.82) is 5.26 Å². The molecule has 0 aliphatic rings. The number of ether oxygens (including phenoxy) is 4. The van der Waals surface area contributed by atoms with Gasteiger partial charge in [0.1, 0.15) is 23.1 Å². The summed E-state index contributed by atoms with van der Waals surface area (Å²) >= 11 is 0. The summed E-state index contributed by atoms with van der Waals surface area (Å²) in [4.78, 5) is 12.2. The number of esters is 1. The highest BCUT2D eigenvalue weighted by Crippen LogP contribution is 2.34. The molecule has 1 aromatic heterocycles. The predicted octanol–water partition coefficient (Wildman–Crippen LogP) is 3.98. The van der Waals surface area contributed by atoms with Crippen LogP contribution < -0.4 is 9.47 Å². The van der Waals surface area contributed by atoms with Crippen LogP contribution in [0.1, 0.15) is 28.4 Å². The molecule has 3 rings (SSSR count). The molecule has 0 fully saturated rings. The highest BCUT2D eigenvalue weighted by Gasteiger charge is 2.18. The van der Waals surface area contributed by atoms with Gasteiger partial charge in [0, 0.05) is 36.0 Å². The average Bonchev–Trinajstić information content (AvgIpc) is 3.12. The van der Waals surface area contributed by atoms with E-state index in [1.165, 1.54) is 7.11 Å². The SMILES string of the molecule is CCOC(=O)c1ccc(-n2cc(C#N)c3c(C)c(OC)ccc32)cc1OCOC. The first kappa shape index (κ1) is 20.2. The highest BCUT2D eigenvalue weighted by molar-refractivity contribution is 5.94. The summed E-state index contributed by atoms with van der Waals surface area (Å²) in [7, 11) is 3.10. The molecule has 0 aliphatic carbocycles. The zero-order valence-electron chi connectivity index (χ0n) is 16.8. The molecule has 7 nitrogen and oxygen atoms in total. The van der Waals surface area contributed by atoms with E-state index in [0.717, 1.165) is 22.2 Å². The van der Waals surface area contributed by atoms with Crippen molar-refractivity contribution in [2.75, 3.05) is 27.6 Å². The number of methoxy groups -OCH3 is 2. The van der Waals surface area contributed by atoms with E-state index < -0.39 is 5.97 Å². The van der Waals surface area contributed by atoms with E-state index in [1.54, 1.807) is 38.4 Å². The molecule has 3 aromatic rings. The topological polar surface area (TPSA) is 82.7 Å². The van der Waals surface area contributed by atoms with Crippen LogP contribution in [0.4, 0.5) is 0 Å². The van der Waals surface area contributed by atoms with Gasteiger partial charge >= 0.3 is 5.97 Å². The number of nitrogens with zero attached hydrogens (tertiary/aromatic N) is 2. The summed E-state index contributed by atoms with van der Waals surface area (Å²) in [5.41, 5.74) is 3.31. The molecule has 0 N–H and O–H groups in total. The number of rotatable bonds is 7. The lowest BCUT2D eigenvalue weighted by atomic mass is 10.1. The van der Waals surface area contributed by atoms with Crippen molar-refractivity contribution in [3.63, 3.8) is 0 Å². The summed E-state index contributed by atoms with van der Waals surface area (Å²) in [6, 6.07) is 11.2. The second-order valence-corrected chi connectivity index (χ2v) is 6.26. The number of aromatic nitrogens is 1. The Kier molecular flexibility index (Phi) is 6.05. The Morgan fingerprint density at radius 2 is 1.97 bits per heavy atom. The summed E-state index contributed by atoms with van der Waals surface area (Å²) in [6.07, 6.45) is 1.76. The quantitative estimate of drug-likeness (QED) is 0.445. The maximum absolute atomic E-state index is 12.2. The first-order valence-electron chi connectivity index (χ1n) is 9.07. The molecule has 0 bridgehead atoms. The molecule has 0 unspecified atom stereocenters. The molecular weight excluding hydrogens is 372 g/mol. The van der Waals surface area contributed by atoms with E-state index in [-0.39, 0.29) is 13.4 Å². The van der Waals surface area contributed by atoms with Crippen molar-refractivity contribution in [3.8, 4) is 23.3 Å². The van der Waals surface area contributed by atoms with Crippen molar-refractivity contribution >= 4 is 16.9 Å². The lowest BCUT2D eigenvalue weighted by Crippen LogP contribution is -2.10. The van der Waals surface area contributed by atoms with Gasteiger partial charge in [-0.3, -0.25) is 0 Å². The van der Waals surface area contributed by atoms with Gasteiger partial charge in [0.25, 0.3) is 0 Å². The Morgan fingerprint density at radius 3 is 2.62 bits per heavy atom. The van der Waals surface area contributed by atoms with Gasteiger partial charge in [0.2, 0.25) is 0 Å². The number of aryl methyl sites for hydroxylation is 1. The standard InChI is InChI=1S/C22H22N2O5/c1-5-28-22(25)17-7-6-16(10-20(17)29-13-26-3)24-12-15(11-23)21-14(2)19(27-4)9-8-18(21)24/h6-10,12H,5,13H2,1-4H3. The number of hydrogen-bond donors (Lipinski definition) is 0. The highest BCUT2D eigenvalue weighted by atomic mass is 16.7. The monoisotopic (exact) mass is 394 g/mol. The average molecular weight is 394 g/mol. The fourth-order valence-corrected chi connectivity index (χ4v) is 3.28. The normalized spacial score (nSPS) is 10.6. The van der Waals surface area contributed by atoms with Crippen molar-refractivity contribution in [1.82, 2.24) is 4.57 Å². The molecule has 0 radical (unpaired) electrons. The Bertz CT molecular complexity index is 1090. The Hall–Kier alpha value is -3.50. The molecule has 0 saturated heterocycles. The van der Waals surface area contributed by atoms with Crippen LogP contribution in [0, 0.1) is 18.3 Å². The molecule has 29 heavy (non-hydrogen) atoms. The van der Waals surface area contributed by atoms with E-state index in [2.05, 4.69) is 6.07 Å². The zero-order valence-corrected chi connectivity index (χ0v) is 16.8. The minimum atomic E-state index is -0.471. The third-order valence-corrected chi connectivity index (χ3v) is 4.59. The minimum Gasteiger partial charge on any atom is -0.496 e. The summed E-state index contributed by atoms with van der Waals surface area (Å²) in [5, 5.41) is 10.4. The van der Waals surface area contributed by atoms with Gasteiger partial charge in [0.15, 0.2) is 6.79 Å². The number of nitriles is 1. The van der Waals surface area contributed by atoms with Crippen LogP contribution in [0.15, 0.2) is 36.5 Å². The number of fused-ring (bicyclic) bond motifs is 1. The first-order valence-corrected chi connectivity index (χ1v) is 9.07. The lowest BCUT2D eigenvalue weighted by Gasteiger charge is -2.13. The van der Waals surface area contributed by atoms with Crippen molar-refractivity contribution in [2.45, 2.75) is 13.8 Å². The van der Waals surface area contributed by atoms with Crippen LogP contribution >= 0.6 is 0 Å². The molecule has 7 heteroatoms. The maximum Gasteiger partial charge on any atom is 0.341 e. The van der Waals surface area contributed by atoms with Crippen molar-refractivity contribution < 1.29 is 23.7 Å². The Morgan fingerprint density at radius 1 is 1.17 bits per heavy atom. The predicted molar refractivity (Wildman–Crippen MR) is 108 cm³/mol. The van der Waals surface area contributed by atoms with Crippen molar-refractivity contribution in [3.05, 3.63) is 53.2 Å². The smallest absolute Gasteiger partial charge is 0.341 e. The van der Waals surface area contributed by atoms with Gasteiger partial charge in [-0.2, -0.15) is 5.26 Å². The van der Waals surface area contributed by atoms with Gasteiger partial charge in [0.05, 0.1) is 24.8 Å². The van der Waals surface area contributed by atoms with E-state index in [9.17, 15) is 10.1 Å². The summed E-state index contributed by atoms with van der Waals surface area (Å²) < 4.78 is 23.0. The molecular formula is C22H22N2O5. The van der Waals surface area contributed by atoms with E-state index in [4.69, 9.17) is 18.9 Å². The van der Waals surface area contributed by atoms with Gasteiger partial charge < -0.3 is 23.5 Å². The second kappa shape index (κ2) is 8.67. The third kappa shape index (κ3) is 3.75. The molecule has 150 valence electrons. The van der Waals surface area contributed by atoms with Crippen LogP contribution in [-0.4, -0.2) is 38.2 Å². The molecule has 0 saturated carbocycles. The van der Waals surface area contributed by atoms with E-state index in [1.807, 2.05) is 23.6 Å². The van der Waals surface area contributed by atoms with Crippen LogP contribution in [0.3, 0.4) is 0 Å². The Labute approximate surface area is 169 Å². The fourth-order valence-electron chi connectivity index (χ4n) is 3.28. The second-order valence-electron chi connectivity index (χ2n) is 6.26.